The van der Waals surface area contributed by atoms with Crippen LogP contribution in [0, 0.1) is 26.6 Å². The van der Waals surface area contributed by atoms with Crippen molar-refractivity contribution in [2.75, 3.05) is 0 Å². The number of hydrogen-bond donors (Lipinski definition) is 0. The molecule has 1 aromatic carbocycles. The quantitative estimate of drug-likeness (QED) is 0.800. The minimum absolute atomic E-state index is 0.162. The van der Waals surface area contributed by atoms with Crippen molar-refractivity contribution >= 4 is 5.78 Å². The Morgan fingerprint density at radius 2 is 1.95 bits per heavy atom. The van der Waals surface area contributed by atoms with Gasteiger partial charge in [0, 0.05) is 11.3 Å². The molecular weight excluding hydrogens is 255 g/mol. The summed E-state index contributed by atoms with van der Waals surface area (Å²) in [4.78, 5) is 11.8. The van der Waals surface area contributed by atoms with Gasteiger partial charge in [0.2, 0.25) is 0 Å². The van der Waals surface area contributed by atoms with Gasteiger partial charge in [-0.1, -0.05) is 6.92 Å². The molecule has 0 N–H and O–H groups in total. The first-order valence-electron chi connectivity index (χ1n) is 6.73. The second-order valence-electron chi connectivity index (χ2n) is 5.09. The number of aryl methyl sites for hydroxylation is 2. The van der Waals surface area contributed by atoms with Gasteiger partial charge in [0.1, 0.15) is 5.82 Å². The first-order chi connectivity index (χ1) is 9.36. The van der Waals surface area contributed by atoms with E-state index in [1.807, 2.05) is 13.8 Å². The maximum absolute atomic E-state index is 13.7. The molecule has 0 fully saturated rings. The van der Waals surface area contributed by atoms with Gasteiger partial charge >= 0.3 is 0 Å². The zero-order valence-electron chi connectivity index (χ0n) is 12.5. The van der Waals surface area contributed by atoms with Crippen molar-refractivity contribution in [1.29, 1.82) is 0 Å². The molecule has 2 aromatic rings. The van der Waals surface area contributed by atoms with Gasteiger partial charge in [-0.05, 0) is 57.4 Å². The van der Waals surface area contributed by atoms with Gasteiger partial charge in [-0.2, -0.15) is 5.10 Å². The van der Waals surface area contributed by atoms with E-state index in [4.69, 9.17) is 0 Å². The van der Waals surface area contributed by atoms with Crippen LogP contribution in [0.3, 0.4) is 0 Å². The first-order valence-corrected chi connectivity index (χ1v) is 6.73. The predicted octanol–water partition coefficient (Wildman–Crippen LogP) is 3.70. The van der Waals surface area contributed by atoms with E-state index in [0.717, 1.165) is 17.8 Å². The average molecular weight is 274 g/mol. The molecule has 0 saturated heterocycles. The molecule has 0 saturated carbocycles. The summed E-state index contributed by atoms with van der Waals surface area (Å²) in [6.07, 6.45) is 0.882. The summed E-state index contributed by atoms with van der Waals surface area (Å²) in [6.45, 7) is 9.13. The second kappa shape index (κ2) is 5.19. The van der Waals surface area contributed by atoms with Crippen molar-refractivity contribution < 1.29 is 9.18 Å². The minimum Gasteiger partial charge on any atom is -0.294 e. The predicted molar refractivity (Wildman–Crippen MR) is 77.1 cm³/mol. The molecule has 20 heavy (non-hydrogen) atoms. The van der Waals surface area contributed by atoms with Crippen LogP contribution in [-0.2, 0) is 6.42 Å². The molecule has 0 spiro atoms. The SMILES string of the molecule is CCc1c(C)nn(-c2cc(C)c(F)cc2C(C)=O)c1C. The van der Waals surface area contributed by atoms with Crippen molar-refractivity contribution in [3.8, 4) is 5.69 Å². The van der Waals surface area contributed by atoms with Crippen LogP contribution in [0.25, 0.3) is 5.69 Å². The van der Waals surface area contributed by atoms with Crippen LogP contribution in [0.1, 0.15) is 46.7 Å². The Balaban J connectivity index is 2.75. The molecule has 2 rings (SSSR count). The number of nitrogens with zero attached hydrogens (tertiary/aromatic N) is 2. The van der Waals surface area contributed by atoms with Crippen molar-refractivity contribution in [3.63, 3.8) is 0 Å². The van der Waals surface area contributed by atoms with Crippen LogP contribution >= 0.6 is 0 Å². The van der Waals surface area contributed by atoms with E-state index in [2.05, 4.69) is 12.0 Å². The van der Waals surface area contributed by atoms with Gasteiger partial charge in [-0.25, -0.2) is 9.07 Å². The topological polar surface area (TPSA) is 34.9 Å². The van der Waals surface area contributed by atoms with Crippen LogP contribution in [0.4, 0.5) is 4.39 Å². The van der Waals surface area contributed by atoms with E-state index in [0.29, 0.717) is 16.8 Å². The number of benzene rings is 1. The van der Waals surface area contributed by atoms with Crippen LogP contribution in [0.15, 0.2) is 12.1 Å². The Kier molecular flexibility index (Phi) is 3.75. The Labute approximate surface area is 118 Å². The van der Waals surface area contributed by atoms with Gasteiger partial charge in [-0.3, -0.25) is 4.79 Å². The molecule has 106 valence electrons. The number of carbonyl (C=O) groups excluding carboxylic acids is 1. The number of aromatic nitrogens is 2. The van der Waals surface area contributed by atoms with Gasteiger partial charge < -0.3 is 0 Å². The molecule has 0 bridgehead atoms. The van der Waals surface area contributed by atoms with E-state index in [1.54, 1.807) is 17.7 Å². The fraction of sp³-hybridized carbons (Fsp3) is 0.375. The monoisotopic (exact) mass is 274 g/mol. The van der Waals surface area contributed by atoms with Crippen molar-refractivity contribution in [3.05, 3.63) is 46.0 Å². The Hall–Kier alpha value is -1.97. The highest BCUT2D eigenvalue weighted by Crippen LogP contribution is 2.24. The zero-order chi connectivity index (χ0) is 15.0. The van der Waals surface area contributed by atoms with E-state index >= 15 is 0 Å². The lowest BCUT2D eigenvalue weighted by Gasteiger charge is -2.11. The van der Waals surface area contributed by atoms with Crippen LogP contribution < -0.4 is 0 Å². The van der Waals surface area contributed by atoms with E-state index in [-0.39, 0.29) is 11.6 Å². The number of rotatable bonds is 3. The van der Waals surface area contributed by atoms with E-state index < -0.39 is 0 Å². The maximum atomic E-state index is 13.7. The molecule has 1 aromatic heterocycles. The molecular formula is C16H19FN2O. The van der Waals surface area contributed by atoms with Gasteiger partial charge in [0.25, 0.3) is 0 Å². The molecule has 4 heteroatoms. The maximum Gasteiger partial charge on any atom is 0.162 e. The normalized spacial score (nSPS) is 10.9. The van der Waals surface area contributed by atoms with E-state index in [9.17, 15) is 9.18 Å². The van der Waals surface area contributed by atoms with Crippen molar-refractivity contribution in [1.82, 2.24) is 9.78 Å². The number of ketones is 1. The lowest BCUT2D eigenvalue weighted by molar-refractivity contribution is 0.101. The first kappa shape index (κ1) is 14.4. The molecule has 3 nitrogen and oxygen atoms in total. The second-order valence-corrected chi connectivity index (χ2v) is 5.09. The standard InChI is InChI=1S/C16H19FN2O/c1-6-13-10(3)18-19(11(13)4)16-7-9(2)15(17)8-14(16)12(5)20/h7-8H,6H2,1-5H3. The fourth-order valence-electron chi connectivity index (χ4n) is 2.54. The highest BCUT2D eigenvalue weighted by Gasteiger charge is 2.17. The summed E-state index contributed by atoms with van der Waals surface area (Å²) in [5.41, 5.74) is 4.63. The van der Waals surface area contributed by atoms with E-state index in [1.165, 1.54) is 18.6 Å². The third-order valence-corrected chi connectivity index (χ3v) is 3.68. The summed E-state index contributed by atoms with van der Waals surface area (Å²) >= 11 is 0. The number of halogens is 1. The Bertz CT molecular complexity index is 686. The molecule has 0 aliphatic heterocycles. The van der Waals surface area contributed by atoms with Crippen LogP contribution in [0.2, 0.25) is 0 Å². The van der Waals surface area contributed by atoms with Crippen molar-refractivity contribution in [2.24, 2.45) is 0 Å². The molecule has 0 atom stereocenters. The number of carbonyl (C=O) groups is 1. The van der Waals surface area contributed by atoms with Crippen LogP contribution in [-0.4, -0.2) is 15.6 Å². The summed E-state index contributed by atoms with van der Waals surface area (Å²) in [6, 6.07) is 2.99. The summed E-state index contributed by atoms with van der Waals surface area (Å²) < 4.78 is 15.5. The molecule has 0 aliphatic carbocycles. The van der Waals surface area contributed by atoms with Gasteiger partial charge in [0.15, 0.2) is 5.78 Å². The minimum atomic E-state index is -0.365. The lowest BCUT2D eigenvalue weighted by Crippen LogP contribution is -2.08. The largest absolute Gasteiger partial charge is 0.294 e. The third kappa shape index (κ3) is 2.26. The fourth-order valence-corrected chi connectivity index (χ4v) is 2.54. The highest BCUT2D eigenvalue weighted by molar-refractivity contribution is 5.97. The van der Waals surface area contributed by atoms with Gasteiger partial charge in [-0.15, -0.1) is 0 Å². The summed E-state index contributed by atoms with van der Waals surface area (Å²) in [5.74, 6) is -0.527. The Morgan fingerprint density at radius 1 is 1.30 bits per heavy atom. The van der Waals surface area contributed by atoms with Gasteiger partial charge in [0.05, 0.1) is 11.4 Å². The molecule has 0 aliphatic rings. The van der Waals surface area contributed by atoms with Crippen molar-refractivity contribution in [2.45, 2.75) is 41.0 Å². The smallest absolute Gasteiger partial charge is 0.162 e. The third-order valence-electron chi connectivity index (χ3n) is 3.68. The van der Waals surface area contributed by atoms with Crippen LogP contribution in [0.5, 0.6) is 0 Å². The molecule has 0 amide bonds. The molecule has 0 unspecified atom stereocenters. The number of hydrogen-bond acceptors (Lipinski definition) is 2. The lowest BCUT2D eigenvalue weighted by atomic mass is 10.1. The zero-order valence-corrected chi connectivity index (χ0v) is 12.5. The molecule has 0 radical (unpaired) electrons. The number of Topliss-reactive ketones (excluding diaryl/α,β-unsaturated/α-hetero) is 1. The summed E-state index contributed by atoms with van der Waals surface area (Å²) in [7, 11) is 0. The summed E-state index contributed by atoms with van der Waals surface area (Å²) in [5, 5.41) is 4.51. The average Bonchev–Trinajstić information content (AvgIpc) is 2.66. The molecule has 1 heterocycles. The highest BCUT2D eigenvalue weighted by atomic mass is 19.1. The Morgan fingerprint density at radius 3 is 2.45 bits per heavy atom.